The molecule has 0 unspecified atom stereocenters. The summed E-state index contributed by atoms with van der Waals surface area (Å²) < 4.78 is 0. The summed E-state index contributed by atoms with van der Waals surface area (Å²) in [6, 6.07) is 11.2. The summed E-state index contributed by atoms with van der Waals surface area (Å²) in [4.78, 5) is 17.3. The van der Waals surface area contributed by atoms with Crippen molar-refractivity contribution in [2.75, 3.05) is 26.2 Å². The standard InChI is InChI=1S/C20H30N2O/c1-16-11-17(2)14-22(13-16)20(23)15-21-10-6-9-19(21)12-18-7-4-3-5-8-18/h3-5,7-8,16-17,19H,6,9-15H2,1-2H3/t16-,17-,19+/m1/s1. The molecule has 3 nitrogen and oxygen atoms in total. The maximum absolute atomic E-state index is 12.7. The van der Waals surface area contributed by atoms with Crippen molar-refractivity contribution < 1.29 is 4.79 Å². The number of amides is 1. The molecule has 1 aromatic rings. The summed E-state index contributed by atoms with van der Waals surface area (Å²) in [5, 5.41) is 0. The Hall–Kier alpha value is -1.35. The van der Waals surface area contributed by atoms with Gasteiger partial charge in [-0.3, -0.25) is 9.69 Å². The van der Waals surface area contributed by atoms with Crippen LogP contribution in [0.25, 0.3) is 0 Å². The first-order chi connectivity index (χ1) is 11.1. The van der Waals surface area contributed by atoms with Crippen molar-refractivity contribution in [2.45, 2.75) is 45.6 Å². The SMILES string of the molecule is C[C@@H]1C[C@@H](C)CN(C(=O)CN2CCC[C@H]2Cc2ccccc2)C1. The molecule has 2 saturated heterocycles. The van der Waals surface area contributed by atoms with Crippen molar-refractivity contribution in [3.05, 3.63) is 35.9 Å². The number of hydrogen-bond donors (Lipinski definition) is 0. The van der Waals surface area contributed by atoms with Crippen LogP contribution in [0.4, 0.5) is 0 Å². The van der Waals surface area contributed by atoms with Gasteiger partial charge in [-0.05, 0) is 49.6 Å². The minimum absolute atomic E-state index is 0.336. The van der Waals surface area contributed by atoms with Gasteiger partial charge in [0.05, 0.1) is 6.54 Å². The molecule has 0 radical (unpaired) electrons. The molecule has 1 amide bonds. The molecule has 0 spiro atoms. The highest BCUT2D eigenvalue weighted by Gasteiger charge is 2.30. The summed E-state index contributed by atoms with van der Waals surface area (Å²) in [5.41, 5.74) is 1.39. The smallest absolute Gasteiger partial charge is 0.236 e. The average molecular weight is 314 g/mol. The third-order valence-corrected chi connectivity index (χ3v) is 5.37. The van der Waals surface area contributed by atoms with E-state index in [1.165, 1.54) is 24.8 Å². The van der Waals surface area contributed by atoms with E-state index in [1.54, 1.807) is 0 Å². The molecule has 0 aliphatic carbocycles. The van der Waals surface area contributed by atoms with Crippen molar-refractivity contribution in [3.63, 3.8) is 0 Å². The Morgan fingerprint density at radius 2 is 1.83 bits per heavy atom. The zero-order valence-corrected chi connectivity index (χ0v) is 14.6. The van der Waals surface area contributed by atoms with Crippen LogP contribution in [0.2, 0.25) is 0 Å². The Balaban J connectivity index is 1.56. The third-order valence-electron chi connectivity index (χ3n) is 5.37. The molecule has 3 atom stereocenters. The quantitative estimate of drug-likeness (QED) is 0.852. The van der Waals surface area contributed by atoms with Crippen LogP contribution in [0.5, 0.6) is 0 Å². The fraction of sp³-hybridized carbons (Fsp3) is 0.650. The van der Waals surface area contributed by atoms with Crippen molar-refractivity contribution in [1.29, 1.82) is 0 Å². The lowest BCUT2D eigenvalue weighted by Gasteiger charge is -2.36. The summed E-state index contributed by atoms with van der Waals surface area (Å²) in [7, 11) is 0. The predicted molar refractivity (Wildman–Crippen MR) is 94.3 cm³/mol. The first-order valence-corrected chi connectivity index (χ1v) is 9.17. The number of likely N-dealkylation sites (tertiary alicyclic amines) is 2. The lowest BCUT2D eigenvalue weighted by atomic mass is 9.92. The normalized spacial score (nSPS) is 29.0. The highest BCUT2D eigenvalue weighted by atomic mass is 16.2. The maximum atomic E-state index is 12.7. The fourth-order valence-electron chi connectivity index (χ4n) is 4.36. The molecule has 3 heteroatoms. The van der Waals surface area contributed by atoms with Crippen LogP contribution in [-0.2, 0) is 11.2 Å². The van der Waals surface area contributed by atoms with Crippen molar-refractivity contribution in [3.8, 4) is 0 Å². The molecule has 23 heavy (non-hydrogen) atoms. The van der Waals surface area contributed by atoms with Gasteiger partial charge in [0.2, 0.25) is 5.91 Å². The first kappa shape index (κ1) is 16.5. The Labute approximate surface area is 140 Å². The Morgan fingerprint density at radius 3 is 2.52 bits per heavy atom. The van der Waals surface area contributed by atoms with Crippen molar-refractivity contribution >= 4 is 5.91 Å². The maximum Gasteiger partial charge on any atom is 0.236 e. The highest BCUT2D eigenvalue weighted by molar-refractivity contribution is 5.78. The van der Waals surface area contributed by atoms with Crippen LogP contribution in [0.15, 0.2) is 30.3 Å². The van der Waals surface area contributed by atoms with E-state index in [0.29, 0.717) is 30.3 Å². The molecular weight excluding hydrogens is 284 g/mol. The van der Waals surface area contributed by atoms with E-state index in [-0.39, 0.29) is 0 Å². The molecule has 0 N–H and O–H groups in total. The molecule has 0 bridgehead atoms. The van der Waals surface area contributed by atoms with Gasteiger partial charge in [-0.25, -0.2) is 0 Å². The lowest BCUT2D eigenvalue weighted by Crippen LogP contribution is -2.48. The van der Waals surface area contributed by atoms with E-state index < -0.39 is 0 Å². The number of hydrogen-bond acceptors (Lipinski definition) is 2. The highest BCUT2D eigenvalue weighted by Crippen LogP contribution is 2.24. The third kappa shape index (κ3) is 4.35. The van der Waals surface area contributed by atoms with Crippen LogP contribution in [0, 0.1) is 11.8 Å². The summed E-state index contributed by atoms with van der Waals surface area (Å²) >= 11 is 0. The molecule has 2 fully saturated rings. The molecule has 1 aromatic carbocycles. The topological polar surface area (TPSA) is 23.6 Å². The zero-order chi connectivity index (χ0) is 16.2. The van der Waals surface area contributed by atoms with E-state index in [2.05, 4.69) is 54.0 Å². The largest absolute Gasteiger partial charge is 0.341 e. The Morgan fingerprint density at radius 1 is 1.13 bits per heavy atom. The lowest BCUT2D eigenvalue weighted by molar-refractivity contribution is -0.135. The molecule has 3 rings (SSSR count). The molecule has 2 aliphatic heterocycles. The molecule has 0 aromatic heterocycles. The van der Waals surface area contributed by atoms with Crippen LogP contribution >= 0.6 is 0 Å². The summed E-state index contributed by atoms with van der Waals surface area (Å²) in [6.07, 6.45) is 4.76. The first-order valence-electron chi connectivity index (χ1n) is 9.17. The number of nitrogens with zero attached hydrogens (tertiary/aromatic N) is 2. The zero-order valence-electron chi connectivity index (χ0n) is 14.6. The van der Waals surface area contributed by atoms with Gasteiger partial charge in [-0.2, -0.15) is 0 Å². The van der Waals surface area contributed by atoms with Crippen molar-refractivity contribution in [1.82, 2.24) is 9.80 Å². The minimum atomic E-state index is 0.336. The van der Waals surface area contributed by atoms with E-state index in [9.17, 15) is 4.79 Å². The molecule has 0 saturated carbocycles. The van der Waals surface area contributed by atoms with Gasteiger partial charge in [0.15, 0.2) is 0 Å². The summed E-state index contributed by atoms with van der Waals surface area (Å²) in [5.74, 6) is 1.62. The van der Waals surface area contributed by atoms with Gasteiger partial charge in [-0.15, -0.1) is 0 Å². The number of piperidine rings is 1. The second-order valence-electron chi connectivity index (χ2n) is 7.70. The van der Waals surface area contributed by atoms with Crippen LogP contribution < -0.4 is 0 Å². The average Bonchev–Trinajstić information content (AvgIpc) is 2.94. The van der Waals surface area contributed by atoms with Gasteiger partial charge >= 0.3 is 0 Å². The molecule has 126 valence electrons. The van der Waals surface area contributed by atoms with Crippen LogP contribution in [-0.4, -0.2) is 47.9 Å². The van der Waals surface area contributed by atoms with E-state index in [0.717, 1.165) is 26.1 Å². The number of carbonyl (C=O) groups excluding carboxylic acids is 1. The van der Waals surface area contributed by atoms with Gasteiger partial charge in [0.25, 0.3) is 0 Å². The monoisotopic (exact) mass is 314 g/mol. The van der Waals surface area contributed by atoms with Crippen molar-refractivity contribution in [2.24, 2.45) is 11.8 Å². The predicted octanol–water partition coefficient (Wildman–Crippen LogP) is 3.20. The van der Waals surface area contributed by atoms with Gasteiger partial charge < -0.3 is 4.90 Å². The number of benzene rings is 1. The second kappa shape index (κ2) is 7.48. The van der Waals surface area contributed by atoms with Crippen LogP contribution in [0.1, 0.15) is 38.7 Å². The Kier molecular flexibility index (Phi) is 5.37. The van der Waals surface area contributed by atoms with Gasteiger partial charge in [0.1, 0.15) is 0 Å². The fourth-order valence-corrected chi connectivity index (χ4v) is 4.36. The minimum Gasteiger partial charge on any atom is -0.341 e. The number of carbonyl (C=O) groups is 1. The summed E-state index contributed by atoms with van der Waals surface area (Å²) in [6.45, 7) is 8.11. The van der Waals surface area contributed by atoms with Gasteiger partial charge in [-0.1, -0.05) is 44.2 Å². The molecular formula is C20H30N2O. The number of rotatable bonds is 4. The van der Waals surface area contributed by atoms with E-state index in [4.69, 9.17) is 0 Å². The molecule has 2 aliphatic rings. The second-order valence-corrected chi connectivity index (χ2v) is 7.70. The van der Waals surface area contributed by atoms with Crippen LogP contribution in [0.3, 0.4) is 0 Å². The van der Waals surface area contributed by atoms with E-state index in [1.807, 2.05) is 0 Å². The molecule has 2 heterocycles. The Bertz CT molecular complexity index is 506. The van der Waals surface area contributed by atoms with Gasteiger partial charge in [0, 0.05) is 19.1 Å². The van der Waals surface area contributed by atoms with E-state index >= 15 is 0 Å².